The van der Waals surface area contributed by atoms with Gasteiger partial charge in [0.15, 0.2) is 0 Å². The van der Waals surface area contributed by atoms with E-state index in [0.29, 0.717) is 0 Å². The predicted molar refractivity (Wildman–Crippen MR) is 28.6 cm³/mol. The monoisotopic (exact) mass is 414 g/mol. The standard InChI is InChI=1S/Ge.Li.3H3O4P.Ti/c;;3*1-5(2,3)4;/h;;3*(H3,1,2,3,4);/q+4;+1;;;;+4/p-9. The Morgan fingerprint density at radius 1 is 0.500 bits per heavy atom. The van der Waals surface area contributed by atoms with Crippen molar-refractivity contribution in [2.24, 2.45) is 0 Å². The van der Waals surface area contributed by atoms with Gasteiger partial charge in [-0.25, -0.2) is 0 Å². The molecular formula is GeLiO12P3Ti. The molecule has 0 rings (SSSR count). The van der Waals surface area contributed by atoms with Gasteiger partial charge in [0.1, 0.15) is 0 Å². The Morgan fingerprint density at radius 2 is 0.500 bits per heavy atom. The van der Waals surface area contributed by atoms with E-state index in [9.17, 15) is 0 Å². The summed E-state index contributed by atoms with van der Waals surface area (Å²) in [6.07, 6.45) is 0. The van der Waals surface area contributed by atoms with E-state index in [1.165, 1.54) is 0 Å². The van der Waals surface area contributed by atoms with Crippen molar-refractivity contribution >= 4 is 41.1 Å². The zero-order chi connectivity index (χ0) is 13.5. The summed E-state index contributed by atoms with van der Waals surface area (Å²) in [4.78, 5) is 76.9. The molecule has 0 unspecified atom stereocenters. The molecule has 0 aromatic carbocycles. The molecule has 18 heteroatoms. The van der Waals surface area contributed by atoms with E-state index in [1.807, 2.05) is 0 Å². The van der Waals surface area contributed by atoms with E-state index >= 15 is 0 Å². The van der Waals surface area contributed by atoms with Crippen LogP contribution < -0.4 is 62.9 Å². The van der Waals surface area contributed by atoms with Crippen molar-refractivity contribution in [3.63, 3.8) is 0 Å². The SMILES string of the molecule is O=P([O-])([O-])[O-].O=P([O-])([O-])[O-].O=P([O-])([O-])[O-].[Ge+4].[Li+].[Ti+4]. The van der Waals surface area contributed by atoms with Crippen LogP contribution in [0, 0.1) is 0 Å². The fourth-order valence-electron chi connectivity index (χ4n) is 0. The van der Waals surface area contributed by atoms with Crippen molar-refractivity contribution in [3.8, 4) is 0 Å². The molecule has 0 fully saturated rings. The van der Waals surface area contributed by atoms with Crippen LogP contribution in [0.5, 0.6) is 0 Å². The average Bonchev–Trinajstić information content (AvgIpc) is 1.41. The molecule has 0 aliphatic carbocycles. The van der Waals surface area contributed by atoms with Crippen LogP contribution >= 0.6 is 23.5 Å². The maximum Gasteiger partial charge on any atom is 4.00 e. The third-order valence-electron chi connectivity index (χ3n) is 0. The van der Waals surface area contributed by atoms with Crippen molar-refractivity contribution < 1.29 is 98.3 Å². The first kappa shape index (κ1) is 36.9. The third-order valence-corrected chi connectivity index (χ3v) is 0. The molecule has 0 saturated carbocycles. The Morgan fingerprint density at radius 3 is 0.500 bits per heavy atom. The van der Waals surface area contributed by atoms with Crippen molar-refractivity contribution in [1.82, 2.24) is 0 Å². The molecule has 0 aliphatic rings. The second-order valence-corrected chi connectivity index (χ2v) is 4.02. The number of rotatable bonds is 0. The third kappa shape index (κ3) is 1130. The van der Waals surface area contributed by atoms with E-state index in [-0.39, 0.29) is 58.2 Å². The number of hydrogen-bond donors (Lipinski definition) is 0. The first-order chi connectivity index (χ1) is 6.00. The Kier molecular flexibility index (Phi) is 31.9. The zero-order valence-electron chi connectivity index (χ0n) is 8.24. The normalized spacial score (nSPS) is 9.83. The van der Waals surface area contributed by atoms with Gasteiger partial charge in [-0.1, -0.05) is 0 Å². The first-order valence-electron chi connectivity index (χ1n) is 2.19. The van der Waals surface area contributed by atoms with Gasteiger partial charge in [0.25, 0.3) is 0 Å². The van der Waals surface area contributed by atoms with Gasteiger partial charge in [-0.15, -0.1) is 0 Å². The van der Waals surface area contributed by atoms with E-state index in [4.69, 9.17) is 57.7 Å². The van der Waals surface area contributed by atoms with Crippen molar-refractivity contribution in [3.05, 3.63) is 0 Å². The zero-order valence-corrected chi connectivity index (χ0v) is 14.6. The summed E-state index contributed by atoms with van der Waals surface area (Å²) >= 11 is 0. The predicted octanol–water partition coefficient (Wildman–Crippen LogP) is -11.9. The largest absolute Gasteiger partial charge is 4.00 e. The molecule has 12 nitrogen and oxygen atoms in total. The topological polar surface area (TPSA) is 259 Å². The summed E-state index contributed by atoms with van der Waals surface area (Å²) in [5, 5.41) is 0. The van der Waals surface area contributed by atoms with Crippen LogP contribution in [0.3, 0.4) is 0 Å². The molecule has 0 aromatic heterocycles. The van der Waals surface area contributed by atoms with Gasteiger partial charge >= 0.3 is 58.2 Å². The van der Waals surface area contributed by atoms with Gasteiger partial charge in [0.2, 0.25) is 0 Å². The summed E-state index contributed by atoms with van der Waals surface area (Å²) in [5.41, 5.74) is 0. The molecule has 0 amide bonds. The van der Waals surface area contributed by atoms with Crippen molar-refractivity contribution in [2.75, 3.05) is 0 Å². The summed E-state index contributed by atoms with van der Waals surface area (Å²) < 4.78 is 25.6. The van der Waals surface area contributed by atoms with Crippen LogP contribution in [0.4, 0.5) is 0 Å². The quantitative estimate of drug-likeness (QED) is 0.265. The number of phosphoric acid groups is 3. The fraction of sp³-hybridized carbons (Fsp3) is 0. The summed E-state index contributed by atoms with van der Waals surface area (Å²) in [7, 11) is -16.2. The van der Waals surface area contributed by atoms with E-state index in [1.54, 1.807) is 0 Å². The minimum Gasteiger partial charge on any atom is -0.822 e. The molecule has 0 bridgehead atoms. The second kappa shape index (κ2) is 15.6. The van der Waals surface area contributed by atoms with Crippen LogP contribution in [0.25, 0.3) is 0 Å². The number of hydrogen-bond acceptors (Lipinski definition) is 12. The first-order valence-corrected chi connectivity index (χ1v) is 6.57. The Bertz CT molecular complexity index is 213. The van der Waals surface area contributed by atoms with E-state index in [2.05, 4.69) is 0 Å². The van der Waals surface area contributed by atoms with Crippen LogP contribution in [0.1, 0.15) is 0 Å². The minimum absolute atomic E-state index is 0. The summed E-state index contributed by atoms with van der Waals surface area (Å²) in [6, 6.07) is 0. The molecule has 0 aromatic rings. The van der Waals surface area contributed by atoms with Crippen molar-refractivity contribution in [1.29, 1.82) is 0 Å². The second-order valence-electron chi connectivity index (χ2n) is 1.34. The molecule has 0 heterocycles. The molecule has 0 radical (unpaired) electrons. The molecular weight excluding hydrogens is 412 g/mol. The summed E-state index contributed by atoms with van der Waals surface area (Å²) in [6.45, 7) is 0. The molecule has 0 atom stereocenters. The Hall–Kier alpha value is 2.18. The van der Waals surface area contributed by atoms with E-state index < -0.39 is 23.5 Å². The maximum absolute atomic E-state index is 8.55. The van der Waals surface area contributed by atoms with Gasteiger partial charge in [-0.2, -0.15) is 23.5 Å². The molecule has 0 saturated heterocycles. The van der Waals surface area contributed by atoms with Gasteiger partial charge in [0.05, 0.1) is 0 Å². The van der Waals surface area contributed by atoms with Gasteiger partial charge < -0.3 is 57.7 Å². The fourth-order valence-corrected chi connectivity index (χ4v) is 0. The van der Waals surface area contributed by atoms with Crippen LogP contribution in [0.2, 0.25) is 0 Å². The maximum atomic E-state index is 8.55. The average molecular weight is 412 g/mol. The minimum atomic E-state index is -5.39. The smallest absolute Gasteiger partial charge is 0.822 e. The Labute approximate surface area is 139 Å². The Balaban J connectivity index is -0.0000000277. The molecule has 18 heavy (non-hydrogen) atoms. The van der Waals surface area contributed by atoms with Crippen LogP contribution in [0.15, 0.2) is 0 Å². The van der Waals surface area contributed by atoms with Crippen LogP contribution in [-0.2, 0) is 35.4 Å². The molecule has 0 spiro atoms. The van der Waals surface area contributed by atoms with Crippen molar-refractivity contribution in [2.45, 2.75) is 0 Å². The summed E-state index contributed by atoms with van der Waals surface area (Å²) in [5.74, 6) is 0. The van der Waals surface area contributed by atoms with Gasteiger partial charge in [-0.3, -0.25) is 0 Å². The van der Waals surface area contributed by atoms with Gasteiger partial charge in [-0.05, 0) is 0 Å². The molecule has 0 N–H and O–H groups in total. The molecule has 96 valence electrons. The van der Waals surface area contributed by atoms with Crippen LogP contribution in [-0.4, -0.2) is 17.6 Å². The van der Waals surface area contributed by atoms with E-state index in [0.717, 1.165) is 0 Å². The molecule has 0 aliphatic heterocycles. The van der Waals surface area contributed by atoms with Gasteiger partial charge in [0, 0.05) is 0 Å².